The Bertz CT molecular complexity index is 406. The van der Waals surface area contributed by atoms with E-state index in [4.69, 9.17) is 0 Å². The minimum Gasteiger partial charge on any atom is -0.468 e. The van der Waals surface area contributed by atoms with Crippen molar-refractivity contribution in [1.82, 2.24) is 5.32 Å². The SMILES string of the molecule is COC(=O)CNC(=O)Cc1ccccc1SC. The highest BCUT2D eigenvalue weighted by molar-refractivity contribution is 7.98. The zero-order valence-electron chi connectivity index (χ0n) is 9.86. The van der Waals surface area contributed by atoms with E-state index in [1.807, 2.05) is 30.5 Å². The van der Waals surface area contributed by atoms with Gasteiger partial charge in [-0.2, -0.15) is 0 Å². The van der Waals surface area contributed by atoms with Gasteiger partial charge in [0.25, 0.3) is 0 Å². The summed E-state index contributed by atoms with van der Waals surface area (Å²) in [5, 5.41) is 2.51. The van der Waals surface area contributed by atoms with Crippen LogP contribution >= 0.6 is 11.8 Å². The lowest BCUT2D eigenvalue weighted by atomic mass is 10.1. The van der Waals surface area contributed by atoms with E-state index in [-0.39, 0.29) is 18.9 Å². The van der Waals surface area contributed by atoms with Crippen molar-refractivity contribution in [3.63, 3.8) is 0 Å². The fraction of sp³-hybridized carbons (Fsp3) is 0.333. The van der Waals surface area contributed by atoms with Crippen LogP contribution in [0.1, 0.15) is 5.56 Å². The Labute approximate surface area is 105 Å². The predicted molar refractivity (Wildman–Crippen MR) is 67.0 cm³/mol. The first-order valence-corrected chi connectivity index (χ1v) is 6.35. The average Bonchev–Trinajstić information content (AvgIpc) is 2.36. The minimum absolute atomic E-state index is 0.0865. The first-order valence-electron chi connectivity index (χ1n) is 5.12. The number of benzene rings is 1. The molecule has 1 rings (SSSR count). The normalized spacial score (nSPS) is 9.76. The maximum absolute atomic E-state index is 11.6. The highest BCUT2D eigenvalue weighted by Crippen LogP contribution is 2.19. The molecule has 0 atom stereocenters. The predicted octanol–water partition coefficient (Wildman–Crippen LogP) is 1.24. The second-order valence-electron chi connectivity index (χ2n) is 3.34. The molecule has 0 saturated heterocycles. The van der Waals surface area contributed by atoms with Crippen LogP contribution in [0.3, 0.4) is 0 Å². The molecule has 5 heteroatoms. The summed E-state index contributed by atoms with van der Waals surface area (Å²) in [7, 11) is 1.29. The van der Waals surface area contributed by atoms with Crippen LogP contribution in [0.25, 0.3) is 0 Å². The molecule has 0 aliphatic heterocycles. The van der Waals surface area contributed by atoms with E-state index in [0.717, 1.165) is 10.5 Å². The summed E-state index contributed by atoms with van der Waals surface area (Å²) in [5.41, 5.74) is 0.961. The summed E-state index contributed by atoms with van der Waals surface area (Å²) < 4.78 is 4.44. The third-order valence-corrected chi connectivity index (χ3v) is 3.04. The third-order valence-electron chi connectivity index (χ3n) is 2.20. The van der Waals surface area contributed by atoms with Gasteiger partial charge in [-0.05, 0) is 17.9 Å². The van der Waals surface area contributed by atoms with E-state index in [2.05, 4.69) is 10.1 Å². The summed E-state index contributed by atoms with van der Waals surface area (Å²) in [6.45, 7) is -0.0865. The molecule has 1 aromatic rings. The zero-order chi connectivity index (χ0) is 12.7. The van der Waals surface area contributed by atoms with Crippen LogP contribution in [0.15, 0.2) is 29.2 Å². The number of esters is 1. The quantitative estimate of drug-likeness (QED) is 0.633. The topological polar surface area (TPSA) is 55.4 Å². The molecule has 0 radical (unpaired) electrons. The van der Waals surface area contributed by atoms with Gasteiger partial charge in [-0.15, -0.1) is 11.8 Å². The summed E-state index contributed by atoms with van der Waals surface area (Å²) in [6, 6.07) is 7.70. The Kier molecular flexibility index (Phi) is 5.56. The fourth-order valence-electron chi connectivity index (χ4n) is 1.33. The standard InChI is InChI=1S/C12H15NO3S/c1-16-12(15)8-13-11(14)7-9-5-3-4-6-10(9)17-2/h3-6H,7-8H2,1-2H3,(H,13,14). The molecule has 0 bridgehead atoms. The van der Waals surface area contributed by atoms with Gasteiger partial charge in [-0.3, -0.25) is 9.59 Å². The second-order valence-corrected chi connectivity index (χ2v) is 4.19. The number of nitrogens with one attached hydrogen (secondary N) is 1. The maximum Gasteiger partial charge on any atom is 0.325 e. The molecule has 0 aliphatic carbocycles. The summed E-state index contributed by atoms with van der Waals surface area (Å²) in [4.78, 5) is 23.5. The Morgan fingerprint density at radius 2 is 2.06 bits per heavy atom. The number of thioether (sulfide) groups is 1. The van der Waals surface area contributed by atoms with Crippen LogP contribution in [-0.2, 0) is 20.7 Å². The lowest BCUT2D eigenvalue weighted by Crippen LogP contribution is -2.31. The van der Waals surface area contributed by atoms with Crippen LogP contribution in [0.2, 0.25) is 0 Å². The second kappa shape index (κ2) is 6.96. The van der Waals surface area contributed by atoms with Crippen LogP contribution in [0.4, 0.5) is 0 Å². The van der Waals surface area contributed by atoms with E-state index in [0.29, 0.717) is 0 Å². The average molecular weight is 253 g/mol. The number of hydrogen-bond donors (Lipinski definition) is 1. The molecule has 92 valence electrons. The van der Waals surface area contributed by atoms with Crippen LogP contribution < -0.4 is 5.32 Å². The van der Waals surface area contributed by atoms with Crippen molar-refractivity contribution in [3.05, 3.63) is 29.8 Å². The van der Waals surface area contributed by atoms with E-state index >= 15 is 0 Å². The number of carbonyl (C=O) groups excluding carboxylic acids is 2. The molecule has 1 aromatic carbocycles. The molecule has 0 spiro atoms. The number of ether oxygens (including phenoxy) is 1. The largest absolute Gasteiger partial charge is 0.468 e. The van der Waals surface area contributed by atoms with Gasteiger partial charge >= 0.3 is 5.97 Å². The van der Waals surface area contributed by atoms with Crippen molar-refractivity contribution in [2.75, 3.05) is 19.9 Å². The Morgan fingerprint density at radius 3 is 2.71 bits per heavy atom. The highest BCUT2D eigenvalue weighted by Gasteiger charge is 2.08. The van der Waals surface area contributed by atoms with Gasteiger partial charge in [-0.1, -0.05) is 18.2 Å². The third kappa shape index (κ3) is 4.48. The molecular formula is C12H15NO3S. The van der Waals surface area contributed by atoms with E-state index in [9.17, 15) is 9.59 Å². The first-order chi connectivity index (χ1) is 8.17. The van der Waals surface area contributed by atoms with Gasteiger partial charge in [0.05, 0.1) is 13.5 Å². The first kappa shape index (κ1) is 13.6. The molecule has 17 heavy (non-hydrogen) atoms. The van der Waals surface area contributed by atoms with Gasteiger partial charge < -0.3 is 10.1 Å². The van der Waals surface area contributed by atoms with Crippen LogP contribution in [0.5, 0.6) is 0 Å². The van der Waals surface area contributed by atoms with Crippen LogP contribution in [-0.4, -0.2) is 31.8 Å². The zero-order valence-corrected chi connectivity index (χ0v) is 10.7. The Hall–Kier alpha value is -1.49. The summed E-state index contributed by atoms with van der Waals surface area (Å²) in [6.07, 6.45) is 2.24. The van der Waals surface area contributed by atoms with Gasteiger partial charge in [0.15, 0.2) is 0 Å². The Balaban J connectivity index is 2.53. The molecular weight excluding hydrogens is 238 g/mol. The van der Waals surface area contributed by atoms with Crippen LogP contribution in [0, 0.1) is 0 Å². The van der Waals surface area contributed by atoms with Gasteiger partial charge in [-0.25, -0.2) is 0 Å². The molecule has 0 unspecified atom stereocenters. The molecule has 0 aromatic heterocycles. The number of rotatable bonds is 5. The van der Waals surface area contributed by atoms with E-state index in [1.165, 1.54) is 7.11 Å². The summed E-state index contributed by atoms with van der Waals surface area (Å²) >= 11 is 1.59. The molecule has 4 nitrogen and oxygen atoms in total. The Morgan fingerprint density at radius 1 is 1.35 bits per heavy atom. The molecule has 0 saturated carbocycles. The van der Waals surface area contributed by atoms with Crippen molar-refractivity contribution in [2.45, 2.75) is 11.3 Å². The molecule has 1 amide bonds. The molecule has 0 heterocycles. The fourth-order valence-corrected chi connectivity index (χ4v) is 1.94. The van der Waals surface area contributed by atoms with Gasteiger partial charge in [0.1, 0.15) is 6.54 Å². The highest BCUT2D eigenvalue weighted by atomic mass is 32.2. The number of hydrogen-bond acceptors (Lipinski definition) is 4. The van der Waals surface area contributed by atoms with Crippen molar-refractivity contribution in [1.29, 1.82) is 0 Å². The van der Waals surface area contributed by atoms with Crippen molar-refractivity contribution in [3.8, 4) is 0 Å². The minimum atomic E-state index is -0.448. The lowest BCUT2D eigenvalue weighted by Gasteiger charge is -2.07. The van der Waals surface area contributed by atoms with Crippen molar-refractivity contribution in [2.24, 2.45) is 0 Å². The maximum atomic E-state index is 11.6. The monoisotopic (exact) mass is 253 g/mol. The lowest BCUT2D eigenvalue weighted by molar-refractivity contribution is -0.141. The van der Waals surface area contributed by atoms with E-state index in [1.54, 1.807) is 11.8 Å². The van der Waals surface area contributed by atoms with Gasteiger partial charge in [0.2, 0.25) is 5.91 Å². The van der Waals surface area contributed by atoms with Crippen molar-refractivity contribution < 1.29 is 14.3 Å². The van der Waals surface area contributed by atoms with Crippen molar-refractivity contribution >= 4 is 23.6 Å². The molecule has 0 fully saturated rings. The molecule has 0 aliphatic rings. The summed E-state index contributed by atoms with van der Waals surface area (Å²) in [5.74, 6) is -0.631. The van der Waals surface area contributed by atoms with Gasteiger partial charge in [0, 0.05) is 4.90 Å². The number of amides is 1. The number of methoxy groups -OCH3 is 1. The molecule has 1 N–H and O–H groups in total. The van der Waals surface area contributed by atoms with E-state index < -0.39 is 5.97 Å². The smallest absolute Gasteiger partial charge is 0.325 e. The number of carbonyl (C=O) groups is 2.